The Morgan fingerprint density at radius 2 is 1.91 bits per heavy atom. The number of alkyl carbamates (subject to hydrolysis) is 1. The highest BCUT2D eigenvalue weighted by atomic mass is 16.6. The molecule has 7 heteroatoms. The predicted octanol–water partition coefficient (Wildman–Crippen LogP) is 2.00. The van der Waals surface area contributed by atoms with Gasteiger partial charge in [0.1, 0.15) is 5.60 Å². The maximum absolute atomic E-state index is 11.7. The Labute approximate surface area is 137 Å². The number of amides is 2. The molecule has 0 aliphatic carbocycles. The molecule has 2 amide bonds. The van der Waals surface area contributed by atoms with Gasteiger partial charge >= 0.3 is 6.09 Å². The van der Waals surface area contributed by atoms with E-state index in [-0.39, 0.29) is 5.91 Å². The summed E-state index contributed by atoms with van der Waals surface area (Å²) >= 11 is 0. The summed E-state index contributed by atoms with van der Waals surface area (Å²) in [5.74, 6) is -0.00682. The number of nitrogens with zero attached hydrogens (tertiary/aromatic N) is 2. The van der Waals surface area contributed by atoms with Crippen LogP contribution in [-0.2, 0) is 16.1 Å². The SMILES string of the molecule is Cc1cnn(CCCNC(=O)CCCNC(=O)OC(C)(C)C)c1. The second-order valence-corrected chi connectivity index (χ2v) is 6.52. The molecule has 0 bridgehead atoms. The third kappa shape index (κ3) is 9.55. The van der Waals surface area contributed by atoms with Gasteiger partial charge in [-0.25, -0.2) is 4.79 Å². The van der Waals surface area contributed by atoms with Crippen LogP contribution < -0.4 is 10.6 Å². The van der Waals surface area contributed by atoms with E-state index in [0.717, 1.165) is 18.5 Å². The molecule has 2 N–H and O–H groups in total. The first-order valence-corrected chi connectivity index (χ1v) is 7.99. The number of aryl methyl sites for hydroxylation is 2. The van der Waals surface area contributed by atoms with E-state index in [1.807, 2.05) is 44.8 Å². The summed E-state index contributed by atoms with van der Waals surface area (Å²) < 4.78 is 6.98. The zero-order chi connectivity index (χ0) is 17.3. The molecule has 23 heavy (non-hydrogen) atoms. The Morgan fingerprint density at radius 1 is 1.22 bits per heavy atom. The van der Waals surface area contributed by atoms with Crippen molar-refractivity contribution in [3.05, 3.63) is 18.0 Å². The molecule has 0 unspecified atom stereocenters. The minimum Gasteiger partial charge on any atom is -0.444 e. The van der Waals surface area contributed by atoms with Gasteiger partial charge in [0.2, 0.25) is 5.91 Å². The number of carbonyl (C=O) groups excluding carboxylic acids is 2. The minimum absolute atomic E-state index is 0.00682. The fraction of sp³-hybridized carbons (Fsp3) is 0.688. The molecule has 0 aliphatic heterocycles. The van der Waals surface area contributed by atoms with Gasteiger partial charge in [-0.3, -0.25) is 9.48 Å². The molecule has 0 atom stereocenters. The summed E-state index contributed by atoms with van der Waals surface area (Å²) in [5.41, 5.74) is 0.626. The molecule has 1 rings (SSSR count). The fourth-order valence-electron chi connectivity index (χ4n) is 1.90. The van der Waals surface area contributed by atoms with Gasteiger partial charge in [-0.2, -0.15) is 5.10 Å². The van der Waals surface area contributed by atoms with Crippen molar-refractivity contribution in [3.63, 3.8) is 0 Å². The number of hydrogen-bond donors (Lipinski definition) is 2. The molecule has 1 heterocycles. The van der Waals surface area contributed by atoms with Crippen LogP contribution in [-0.4, -0.2) is 40.5 Å². The molecule has 0 saturated carbocycles. The highest BCUT2D eigenvalue weighted by molar-refractivity contribution is 5.75. The van der Waals surface area contributed by atoms with Gasteiger partial charge in [-0.15, -0.1) is 0 Å². The molecule has 0 aliphatic rings. The Bertz CT molecular complexity index is 506. The average Bonchev–Trinajstić information content (AvgIpc) is 2.83. The lowest BCUT2D eigenvalue weighted by Crippen LogP contribution is -2.33. The predicted molar refractivity (Wildman–Crippen MR) is 88.1 cm³/mol. The van der Waals surface area contributed by atoms with Crippen LogP contribution in [0.3, 0.4) is 0 Å². The van der Waals surface area contributed by atoms with Crippen LogP contribution >= 0.6 is 0 Å². The van der Waals surface area contributed by atoms with Gasteiger partial charge in [0.15, 0.2) is 0 Å². The summed E-state index contributed by atoms with van der Waals surface area (Å²) in [6.45, 7) is 9.26. The lowest BCUT2D eigenvalue weighted by Gasteiger charge is -2.19. The first-order chi connectivity index (χ1) is 10.8. The number of nitrogens with one attached hydrogen (secondary N) is 2. The van der Waals surface area contributed by atoms with Gasteiger partial charge in [0, 0.05) is 32.3 Å². The summed E-state index contributed by atoms with van der Waals surface area (Å²) in [4.78, 5) is 23.1. The number of carbonyl (C=O) groups is 2. The van der Waals surface area contributed by atoms with Crippen molar-refractivity contribution in [1.29, 1.82) is 0 Å². The lowest BCUT2D eigenvalue weighted by atomic mass is 10.2. The van der Waals surface area contributed by atoms with E-state index in [1.54, 1.807) is 0 Å². The monoisotopic (exact) mass is 324 g/mol. The summed E-state index contributed by atoms with van der Waals surface area (Å²) in [5, 5.41) is 9.68. The van der Waals surface area contributed by atoms with Crippen molar-refractivity contribution in [2.75, 3.05) is 13.1 Å². The molecule has 1 aromatic rings. The molecule has 0 radical (unpaired) electrons. The summed E-state index contributed by atoms with van der Waals surface area (Å²) in [6.07, 6.45) is 5.15. The minimum atomic E-state index is -0.505. The topological polar surface area (TPSA) is 85.3 Å². The normalized spacial score (nSPS) is 11.1. The van der Waals surface area contributed by atoms with Gasteiger partial charge in [-0.05, 0) is 46.1 Å². The number of ether oxygens (including phenoxy) is 1. The lowest BCUT2D eigenvalue weighted by molar-refractivity contribution is -0.121. The molecule has 0 saturated heterocycles. The fourth-order valence-corrected chi connectivity index (χ4v) is 1.90. The zero-order valence-corrected chi connectivity index (χ0v) is 14.5. The maximum Gasteiger partial charge on any atom is 0.407 e. The van der Waals surface area contributed by atoms with Crippen LogP contribution in [0.2, 0.25) is 0 Å². The highest BCUT2D eigenvalue weighted by Gasteiger charge is 2.15. The quantitative estimate of drug-likeness (QED) is 0.716. The molecular formula is C16H28N4O3. The van der Waals surface area contributed by atoms with Crippen LogP contribution in [0.15, 0.2) is 12.4 Å². The Morgan fingerprint density at radius 3 is 2.52 bits per heavy atom. The maximum atomic E-state index is 11.7. The van der Waals surface area contributed by atoms with Crippen molar-refractivity contribution in [3.8, 4) is 0 Å². The molecular weight excluding hydrogens is 296 g/mol. The third-order valence-electron chi connectivity index (χ3n) is 2.90. The second-order valence-electron chi connectivity index (χ2n) is 6.52. The first-order valence-electron chi connectivity index (χ1n) is 7.99. The smallest absolute Gasteiger partial charge is 0.407 e. The van der Waals surface area contributed by atoms with E-state index in [4.69, 9.17) is 4.74 Å². The van der Waals surface area contributed by atoms with E-state index in [0.29, 0.717) is 25.9 Å². The number of rotatable bonds is 8. The van der Waals surface area contributed by atoms with Crippen LogP contribution in [0.5, 0.6) is 0 Å². The van der Waals surface area contributed by atoms with Crippen molar-refractivity contribution in [1.82, 2.24) is 20.4 Å². The van der Waals surface area contributed by atoms with E-state index >= 15 is 0 Å². The standard InChI is InChI=1S/C16H28N4O3/c1-13-11-19-20(12-13)10-6-9-17-14(21)7-5-8-18-15(22)23-16(2,3)4/h11-12H,5-10H2,1-4H3,(H,17,21)(H,18,22). The number of hydrogen-bond acceptors (Lipinski definition) is 4. The van der Waals surface area contributed by atoms with Gasteiger partial charge in [0.05, 0.1) is 6.20 Å². The van der Waals surface area contributed by atoms with E-state index in [1.165, 1.54) is 0 Å². The molecule has 0 fully saturated rings. The average molecular weight is 324 g/mol. The van der Waals surface area contributed by atoms with Gasteiger partial charge in [0.25, 0.3) is 0 Å². The molecule has 7 nitrogen and oxygen atoms in total. The van der Waals surface area contributed by atoms with Gasteiger partial charge < -0.3 is 15.4 Å². The highest BCUT2D eigenvalue weighted by Crippen LogP contribution is 2.06. The van der Waals surface area contributed by atoms with E-state index in [2.05, 4.69) is 15.7 Å². The van der Waals surface area contributed by atoms with Gasteiger partial charge in [-0.1, -0.05) is 0 Å². The van der Waals surface area contributed by atoms with E-state index in [9.17, 15) is 9.59 Å². The van der Waals surface area contributed by atoms with Crippen LogP contribution in [0, 0.1) is 6.92 Å². The van der Waals surface area contributed by atoms with Crippen LogP contribution in [0.4, 0.5) is 4.79 Å². The first kappa shape index (κ1) is 19.0. The second kappa shape index (κ2) is 9.17. The summed E-state index contributed by atoms with van der Waals surface area (Å²) in [7, 11) is 0. The Kier molecular flexibility index (Phi) is 7.57. The molecule has 0 spiro atoms. The van der Waals surface area contributed by atoms with Crippen LogP contribution in [0.1, 0.15) is 45.6 Å². The Hall–Kier alpha value is -2.05. The molecule has 130 valence electrons. The van der Waals surface area contributed by atoms with Crippen molar-refractivity contribution >= 4 is 12.0 Å². The van der Waals surface area contributed by atoms with Crippen molar-refractivity contribution < 1.29 is 14.3 Å². The third-order valence-corrected chi connectivity index (χ3v) is 2.90. The summed E-state index contributed by atoms with van der Waals surface area (Å²) in [6, 6.07) is 0. The largest absolute Gasteiger partial charge is 0.444 e. The zero-order valence-electron chi connectivity index (χ0n) is 14.5. The van der Waals surface area contributed by atoms with Crippen molar-refractivity contribution in [2.24, 2.45) is 0 Å². The van der Waals surface area contributed by atoms with Crippen molar-refractivity contribution in [2.45, 2.75) is 59.1 Å². The Balaban J connectivity index is 2.01. The van der Waals surface area contributed by atoms with E-state index < -0.39 is 11.7 Å². The van der Waals surface area contributed by atoms with Crippen LogP contribution in [0.25, 0.3) is 0 Å². The molecule has 1 aromatic heterocycles. The number of aromatic nitrogens is 2. The molecule has 0 aromatic carbocycles.